The van der Waals surface area contributed by atoms with E-state index in [9.17, 15) is 9.59 Å². The van der Waals surface area contributed by atoms with Crippen LogP contribution in [0, 0.1) is 0 Å². The van der Waals surface area contributed by atoms with Gasteiger partial charge in [-0.25, -0.2) is 0 Å². The summed E-state index contributed by atoms with van der Waals surface area (Å²) in [6, 6.07) is 14.3. The molecule has 0 atom stereocenters. The fourth-order valence-corrected chi connectivity index (χ4v) is 3.28. The molecule has 0 aliphatic carbocycles. The average molecular weight is 433 g/mol. The molecule has 0 spiro atoms. The summed E-state index contributed by atoms with van der Waals surface area (Å²) in [7, 11) is 1.49. The van der Waals surface area contributed by atoms with Gasteiger partial charge in [0.15, 0.2) is 5.76 Å². The Kier molecular flexibility index (Phi) is 6.07. The van der Waals surface area contributed by atoms with Gasteiger partial charge >= 0.3 is 5.97 Å². The quantitative estimate of drug-likeness (QED) is 0.296. The molecule has 0 unspecified atom stereocenters. The summed E-state index contributed by atoms with van der Waals surface area (Å²) in [5.74, 6) is 1.58. The number of allylic oxidation sites excluding steroid dienone is 1. The number of aryl methyl sites for hydroxylation is 1. The van der Waals surface area contributed by atoms with Crippen molar-refractivity contribution in [1.82, 2.24) is 5.16 Å². The predicted octanol–water partition coefficient (Wildman–Crippen LogP) is 4.96. The molecule has 0 radical (unpaired) electrons. The molecule has 2 aromatic carbocycles. The van der Waals surface area contributed by atoms with Gasteiger partial charge in [0, 0.05) is 18.6 Å². The molecule has 0 fully saturated rings. The van der Waals surface area contributed by atoms with E-state index in [1.165, 1.54) is 12.7 Å². The Morgan fingerprint density at radius 2 is 1.91 bits per heavy atom. The number of fused-ring (bicyclic) bond motifs is 1. The van der Waals surface area contributed by atoms with Crippen molar-refractivity contribution in [3.8, 4) is 17.4 Å². The van der Waals surface area contributed by atoms with E-state index in [0.717, 1.165) is 5.56 Å². The molecule has 3 aromatic rings. The molecule has 7 heteroatoms. The molecular weight excluding hydrogens is 410 g/mol. The molecule has 1 aromatic heterocycles. The minimum Gasteiger partial charge on any atom is -0.479 e. The number of rotatable bonds is 7. The van der Waals surface area contributed by atoms with Crippen LogP contribution < -0.4 is 14.2 Å². The molecule has 0 N–H and O–H groups in total. The molecule has 164 valence electrons. The third-order valence-electron chi connectivity index (χ3n) is 5.10. The van der Waals surface area contributed by atoms with Crippen LogP contribution in [0.2, 0.25) is 0 Å². The van der Waals surface area contributed by atoms with E-state index in [4.69, 9.17) is 18.7 Å². The third-order valence-corrected chi connectivity index (χ3v) is 5.10. The molecule has 1 aliphatic rings. The first kappa shape index (κ1) is 21.4. The molecule has 0 bridgehead atoms. The number of hydrogen-bond donors (Lipinski definition) is 0. The molecular formula is C25H23NO6. The zero-order chi connectivity index (χ0) is 22.7. The SMILES string of the molecule is COc1cc(CCC(=O)Oc2ccc3c(c2)O/C(=C\c2ccc(C(C)C)cc2)C3=O)on1. The summed E-state index contributed by atoms with van der Waals surface area (Å²) in [6.45, 7) is 4.26. The maximum atomic E-state index is 12.7. The maximum absolute atomic E-state index is 12.7. The number of hydrogen-bond acceptors (Lipinski definition) is 7. The van der Waals surface area contributed by atoms with E-state index in [-0.39, 0.29) is 18.0 Å². The highest BCUT2D eigenvalue weighted by molar-refractivity contribution is 6.14. The summed E-state index contributed by atoms with van der Waals surface area (Å²) < 4.78 is 21.1. The molecule has 2 heterocycles. The molecule has 7 nitrogen and oxygen atoms in total. The lowest BCUT2D eigenvalue weighted by molar-refractivity contribution is -0.134. The number of nitrogens with zero attached hydrogens (tertiary/aromatic N) is 1. The number of carbonyl (C=O) groups is 2. The van der Waals surface area contributed by atoms with Crippen molar-refractivity contribution >= 4 is 17.8 Å². The van der Waals surface area contributed by atoms with E-state index in [1.54, 1.807) is 30.3 Å². The van der Waals surface area contributed by atoms with Gasteiger partial charge in [-0.3, -0.25) is 9.59 Å². The first-order valence-corrected chi connectivity index (χ1v) is 10.3. The van der Waals surface area contributed by atoms with E-state index in [1.807, 2.05) is 24.3 Å². The van der Waals surface area contributed by atoms with Crippen LogP contribution in [-0.4, -0.2) is 24.0 Å². The minimum atomic E-state index is -0.439. The number of ketones is 1. The fraction of sp³-hybridized carbons (Fsp3) is 0.240. The zero-order valence-corrected chi connectivity index (χ0v) is 18.1. The molecule has 1 aliphatic heterocycles. The van der Waals surface area contributed by atoms with Gasteiger partial charge in [0.2, 0.25) is 5.78 Å². The third kappa shape index (κ3) is 4.72. The largest absolute Gasteiger partial charge is 0.479 e. The van der Waals surface area contributed by atoms with Crippen molar-refractivity contribution in [2.24, 2.45) is 0 Å². The van der Waals surface area contributed by atoms with Gasteiger partial charge in [0.05, 0.1) is 19.1 Å². The summed E-state index contributed by atoms with van der Waals surface area (Å²) in [5, 5.41) is 3.69. The normalized spacial score (nSPS) is 13.9. The molecule has 0 saturated heterocycles. The Balaban J connectivity index is 1.40. The number of benzene rings is 2. The topological polar surface area (TPSA) is 87.9 Å². The monoisotopic (exact) mass is 433 g/mol. The Labute approximate surface area is 185 Å². The average Bonchev–Trinajstić information content (AvgIpc) is 3.37. The van der Waals surface area contributed by atoms with Crippen LogP contribution in [0.5, 0.6) is 17.4 Å². The fourth-order valence-electron chi connectivity index (χ4n) is 3.28. The van der Waals surface area contributed by atoms with Crippen LogP contribution >= 0.6 is 0 Å². The van der Waals surface area contributed by atoms with Gasteiger partial charge in [-0.2, -0.15) is 0 Å². The molecule has 4 rings (SSSR count). The number of aromatic nitrogens is 1. The van der Waals surface area contributed by atoms with Crippen LogP contribution in [0.15, 0.2) is 58.8 Å². The second kappa shape index (κ2) is 9.09. The summed E-state index contributed by atoms with van der Waals surface area (Å²) in [6.07, 6.45) is 2.15. The van der Waals surface area contributed by atoms with Gasteiger partial charge < -0.3 is 18.7 Å². The van der Waals surface area contributed by atoms with Gasteiger partial charge in [0.1, 0.15) is 17.3 Å². The lowest BCUT2D eigenvalue weighted by Gasteiger charge is -2.05. The van der Waals surface area contributed by atoms with Crippen molar-refractivity contribution < 1.29 is 28.3 Å². The Bertz CT molecular complexity index is 1170. The predicted molar refractivity (Wildman–Crippen MR) is 117 cm³/mol. The smallest absolute Gasteiger partial charge is 0.311 e. The lowest BCUT2D eigenvalue weighted by atomic mass is 10.0. The zero-order valence-electron chi connectivity index (χ0n) is 18.1. The van der Waals surface area contributed by atoms with Crippen molar-refractivity contribution in [2.75, 3.05) is 7.11 Å². The van der Waals surface area contributed by atoms with Crippen molar-refractivity contribution in [3.05, 3.63) is 76.7 Å². The second-order valence-corrected chi connectivity index (χ2v) is 7.73. The number of Topliss-reactive ketones (excluding diaryl/α,β-unsaturated/α-hetero) is 1. The Hall–Kier alpha value is -3.87. The standard InChI is InChI=1S/C25H23NO6/c1-15(2)17-6-4-16(5-7-17)12-22-25(28)20-10-8-18(13-21(20)31-22)30-24(27)11-9-19-14-23(29-3)26-32-19/h4-8,10,12-15H,9,11H2,1-3H3/b22-12-. The van der Waals surface area contributed by atoms with Crippen LogP contribution in [0.3, 0.4) is 0 Å². The summed E-state index contributed by atoms with van der Waals surface area (Å²) in [5.41, 5.74) is 2.54. The molecule has 0 saturated carbocycles. The van der Waals surface area contributed by atoms with Gasteiger partial charge in [-0.15, -0.1) is 0 Å². The second-order valence-electron chi connectivity index (χ2n) is 7.73. The summed E-state index contributed by atoms with van der Waals surface area (Å²) >= 11 is 0. The number of esters is 1. The van der Waals surface area contributed by atoms with Crippen LogP contribution in [-0.2, 0) is 11.2 Å². The first-order valence-electron chi connectivity index (χ1n) is 10.3. The van der Waals surface area contributed by atoms with E-state index in [0.29, 0.717) is 41.0 Å². The van der Waals surface area contributed by atoms with Crippen LogP contribution in [0.4, 0.5) is 0 Å². The van der Waals surface area contributed by atoms with Crippen LogP contribution in [0.1, 0.15) is 53.4 Å². The van der Waals surface area contributed by atoms with E-state index in [2.05, 4.69) is 19.0 Å². The number of ether oxygens (including phenoxy) is 3. The number of methoxy groups -OCH3 is 1. The van der Waals surface area contributed by atoms with Crippen molar-refractivity contribution in [2.45, 2.75) is 32.6 Å². The van der Waals surface area contributed by atoms with Gasteiger partial charge in [-0.1, -0.05) is 38.1 Å². The minimum absolute atomic E-state index is 0.104. The van der Waals surface area contributed by atoms with E-state index >= 15 is 0 Å². The van der Waals surface area contributed by atoms with Crippen LogP contribution in [0.25, 0.3) is 6.08 Å². The highest BCUT2D eigenvalue weighted by Gasteiger charge is 2.28. The van der Waals surface area contributed by atoms with Gasteiger partial charge in [-0.05, 0) is 40.4 Å². The van der Waals surface area contributed by atoms with Crippen molar-refractivity contribution in [1.29, 1.82) is 0 Å². The van der Waals surface area contributed by atoms with Crippen molar-refractivity contribution in [3.63, 3.8) is 0 Å². The maximum Gasteiger partial charge on any atom is 0.311 e. The Morgan fingerprint density at radius 1 is 1.12 bits per heavy atom. The van der Waals surface area contributed by atoms with Gasteiger partial charge in [0.25, 0.3) is 5.88 Å². The van der Waals surface area contributed by atoms with E-state index < -0.39 is 5.97 Å². The highest BCUT2D eigenvalue weighted by atomic mass is 16.5. The summed E-state index contributed by atoms with van der Waals surface area (Å²) in [4.78, 5) is 24.8. The molecule has 32 heavy (non-hydrogen) atoms. The first-order chi connectivity index (χ1) is 15.4. The number of carbonyl (C=O) groups excluding carboxylic acids is 2. The Morgan fingerprint density at radius 3 is 2.59 bits per heavy atom. The molecule has 0 amide bonds. The lowest BCUT2D eigenvalue weighted by Crippen LogP contribution is -2.08. The highest BCUT2D eigenvalue weighted by Crippen LogP contribution is 2.35.